The number of phosphoric ester groups is 1. The molecular formula is C5H14BO6P. The fourth-order valence-corrected chi connectivity index (χ4v) is 0.842. The largest absolute Gasteiger partial charge is 0.469 e. The minimum atomic E-state index is -4.39. The minimum absolute atomic E-state index is 0.0389. The highest BCUT2D eigenvalue weighted by Crippen LogP contribution is 2.35. The molecule has 0 aliphatic rings. The van der Waals surface area contributed by atoms with Crippen LogP contribution in [0, 0.1) is 0 Å². The van der Waals surface area contributed by atoms with E-state index in [-0.39, 0.29) is 19.2 Å². The van der Waals surface area contributed by atoms with Crippen molar-refractivity contribution in [3.8, 4) is 0 Å². The lowest BCUT2D eigenvalue weighted by molar-refractivity contribution is 0.00363. The molecule has 0 saturated carbocycles. The summed E-state index contributed by atoms with van der Waals surface area (Å²) in [6, 6.07) is -0.375. The summed E-state index contributed by atoms with van der Waals surface area (Å²) in [5.41, 5.74) is 0. The Bertz CT molecular complexity index is 180. The van der Waals surface area contributed by atoms with E-state index < -0.39 is 13.9 Å². The average molecular weight is 212 g/mol. The third kappa shape index (κ3) is 8.43. The zero-order valence-corrected chi connectivity index (χ0v) is 8.48. The van der Waals surface area contributed by atoms with Gasteiger partial charge in [-0.1, -0.05) is 0 Å². The molecule has 0 saturated heterocycles. The van der Waals surface area contributed by atoms with Crippen molar-refractivity contribution in [2.75, 3.05) is 13.2 Å². The maximum Gasteiger partial charge on any atom is 0.469 e. The lowest BCUT2D eigenvalue weighted by Gasteiger charge is -2.15. The smallest absolute Gasteiger partial charge is 0.392 e. The van der Waals surface area contributed by atoms with Crippen molar-refractivity contribution in [1.29, 1.82) is 0 Å². The molecule has 0 rings (SSSR count). The van der Waals surface area contributed by atoms with Gasteiger partial charge in [0.25, 0.3) is 0 Å². The summed E-state index contributed by atoms with van der Waals surface area (Å²) in [6.45, 7) is 1.41. The number of hydrogen-bond acceptors (Lipinski definition) is 4. The molecule has 0 bridgehead atoms. The van der Waals surface area contributed by atoms with Crippen molar-refractivity contribution in [2.24, 2.45) is 0 Å². The first kappa shape index (κ1) is 13.1. The zero-order valence-electron chi connectivity index (χ0n) is 7.58. The third-order valence-corrected chi connectivity index (χ3v) is 1.92. The summed E-state index contributed by atoms with van der Waals surface area (Å²) in [6.07, 6.45) is -0.616. The molecule has 0 radical (unpaired) electrons. The van der Waals surface area contributed by atoms with Crippen LogP contribution >= 0.6 is 7.82 Å². The van der Waals surface area contributed by atoms with Gasteiger partial charge in [-0.05, 0) is 6.92 Å². The van der Waals surface area contributed by atoms with Gasteiger partial charge >= 0.3 is 7.82 Å². The normalized spacial score (nSPS) is 16.9. The van der Waals surface area contributed by atoms with Crippen molar-refractivity contribution in [1.82, 2.24) is 0 Å². The van der Waals surface area contributed by atoms with Crippen LogP contribution in [0.4, 0.5) is 0 Å². The molecule has 78 valence electrons. The third-order valence-electron chi connectivity index (χ3n) is 1.40. The molecule has 0 fully saturated rings. The Morgan fingerprint density at radius 3 is 2.38 bits per heavy atom. The Hall–Kier alpha value is 0.0949. The van der Waals surface area contributed by atoms with Gasteiger partial charge in [0.2, 0.25) is 0 Å². The van der Waals surface area contributed by atoms with E-state index in [9.17, 15) is 4.57 Å². The van der Waals surface area contributed by atoms with Gasteiger partial charge in [0, 0.05) is 6.00 Å². The lowest BCUT2D eigenvalue weighted by Crippen LogP contribution is -2.27. The Kier molecular flexibility index (Phi) is 5.79. The maximum atomic E-state index is 10.2. The van der Waals surface area contributed by atoms with Gasteiger partial charge in [0.1, 0.15) is 7.85 Å². The molecule has 2 atom stereocenters. The SMILES string of the molecule is B[C@H](OCCOP(=O)(O)O)[C@H](C)O. The van der Waals surface area contributed by atoms with E-state index in [0.717, 1.165) is 0 Å². The van der Waals surface area contributed by atoms with Crippen LogP contribution in [0.2, 0.25) is 0 Å². The summed E-state index contributed by atoms with van der Waals surface area (Å²) < 4.78 is 19.3. The predicted molar refractivity (Wildman–Crippen MR) is 48.0 cm³/mol. The molecule has 0 unspecified atom stereocenters. The molecule has 0 spiro atoms. The van der Waals surface area contributed by atoms with Crippen LogP contribution in [-0.4, -0.2) is 48.1 Å². The summed E-state index contributed by atoms with van der Waals surface area (Å²) in [5.74, 6) is 0. The second-order valence-corrected chi connectivity index (χ2v) is 3.88. The fourth-order valence-electron chi connectivity index (χ4n) is 0.529. The van der Waals surface area contributed by atoms with Gasteiger partial charge in [0.05, 0.1) is 19.3 Å². The molecule has 0 aliphatic carbocycles. The van der Waals surface area contributed by atoms with Gasteiger partial charge < -0.3 is 19.6 Å². The number of rotatable bonds is 6. The molecule has 0 aromatic rings. The molecule has 6 nitrogen and oxygen atoms in total. The molecule has 8 heteroatoms. The highest BCUT2D eigenvalue weighted by Gasteiger charge is 2.14. The summed E-state index contributed by atoms with van der Waals surface area (Å²) in [7, 11) is -2.74. The van der Waals surface area contributed by atoms with Gasteiger partial charge in [-0.15, -0.1) is 0 Å². The second-order valence-electron chi connectivity index (χ2n) is 2.64. The lowest BCUT2D eigenvalue weighted by atomic mass is 9.95. The van der Waals surface area contributed by atoms with Crippen molar-refractivity contribution < 1.29 is 28.7 Å². The Morgan fingerprint density at radius 2 is 2.00 bits per heavy atom. The van der Waals surface area contributed by atoms with Crippen LogP contribution in [0.15, 0.2) is 0 Å². The predicted octanol–water partition coefficient (Wildman–Crippen LogP) is -1.55. The fraction of sp³-hybridized carbons (Fsp3) is 1.00. The highest BCUT2D eigenvalue weighted by molar-refractivity contribution is 7.46. The van der Waals surface area contributed by atoms with Crippen LogP contribution < -0.4 is 0 Å². The van der Waals surface area contributed by atoms with Gasteiger partial charge in [-0.3, -0.25) is 4.52 Å². The van der Waals surface area contributed by atoms with Crippen LogP contribution in [0.25, 0.3) is 0 Å². The van der Waals surface area contributed by atoms with Crippen molar-refractivity contribution in [3.63, 3.8) is 0 Å². The molecule has 0 aliphatic heterocycles. The standard InChI is InChI=1S/C5H14BO6P/c1-4(7)5(6)11-2-3-12-13(8,9)10/h4-5,7H,2-3,6H2,1H3,(H2,8,9,10)/t4-,5+/m0/s1. The van der Waals surface area contributed by atoms with Crippen molar-refractivity contribution in [3.05, 3.63) is 0 Å². The number of ether oxygens (including phenoxy) is 1. The monoisotopic (exact) mass is 212 g/mol. The highest BCUT2D eigenvalue weighted by atomic mass is 31.2. The first-order valence-electron chi connectivity index (χ1n) is 3.82. The summed E-state index contributed by atoms with van der Waals surface area (Å²) in [4.78, 5) is 16.6. The Balaban J connectivity index is 3.42. The topological polar surface area (TPSA) is 96.2 Å². The first-order valence-corrected chi connectivity index (χ1v) is 5.35. The Morgan fingerprint density at radius 1 is 1.46 bits per heavy atom. The van der Waals surface area contributed by atoms with E-state index in [2.05, 4.69) is 4.52 Å². The average Bonchev–Trinajstić information content (AvgIpc) is 1.95. The van der Waals surface area contributed by atoms with E-state index in [0.29, 0.717) is 0 Å². The maximum absolute atomic E-state index is 10.2. The van der Waals surface area contributed by atoms with Crippen molar-refractivity contribution >= 4 is 15.7 Å². The van der Waals surface area contributed by atoms with Crippen molar-refractivity contribution in [2.45, 2.75) is 19.0 Å². The van der Waals surface area contributed by atoms with E-state index in [1.54, 1.807) is 14.8 Å². The van der Waals surface area contributed by atoms with Crippen LogP contribution in [0.5, 0.6) is 0 Å². The quantitative estimate of drug-likeness (QED) is 0.280. The molecule has 3 N–H and O–H groups in total. The molecule has 0 heterocycles. The number of hydrogen-bond donors (Lipinski definition) is 3. The number of aliphatic hydroxyl groups excluding tert-OH is 1. The summed E-state index contributed by atoms with van der Waals surface area (Å²) in [5, 5.41) is 8.96. The Labute approximate surface area is 77.5 Å². The van der Waals surface area contributed by atoms with E-state index in [1.807, 2.05) is 0 Å². The van der Waals surface area contributed by atoms with Gasteiger partial charge in [-0.25, -0.2) is 4.57 Å². The van der Waals surface area contributed by atoms with E-state index >= 15 is 0 Å². The first-order chi connectivity index (χ1) is 5.83. The molecule has 0 aromatic carbocycles. The van der Waals surface area contributed by atoms with Gasteiger partial charge in [-0.2, -0.15) is 0 Å². The number of phosphoric acid groups is 1. The molecule has 13 heavy (non-hydrogen) atoms. The zero-order chi connectivity index (χ0) is 10.5. The van der Waals surface area contributed by atoms with Crippen LogP contribution in [0.3, 0.4) is 0 Å². The second kappa shape index (κ2) is 5.75. The molecule has 0 aromatic heterocycles. The van der Waals surface area contributed by atoms with E-state index in [1.165, 1.54) is 0 Å². The number of aliphatic hydroxyl groups is 1. The van der Waals surface area contributed by atoms with Crippen LogP contribution in [-0.2, 0) is 13.8 Å². The summed E-state index contributed by atoms with van der Waals surface area (Å²) >= 11 is 0. The minimum Gasteiger partial charge on any atom is -0.392 e. The molecule has 0 amide bonds. The van der Waals surface area contributed by atoms with Crippen LogP contribution in [0.1, 0.15) is 6.92 Å². The van der Waals surface area contributed by atoms with Gasteiger partial charge in [0.15, 0.2) is 0 Å². The van der Waals surface area contributed by atoms with E-state index in [4.69, 9.17) is 19.6 Å². The molecular weight excluding hydrogens is 198 g/mol.